The zero-order valence-corrected chi connectivity index (χ0v) is 15.7. The van der Waals surface area contributed by atoms with E-state index in [4.69, 9.17) is 11.5 Å². The van der Waals surface area contributed by atoms with Crippen molar-refractivity contribution in [1.82, 2.24) is 15.1 Å². The van der Waals surface area contributed by atoms with Gasteiger partial charge in [-0.1, -0.05) is 13.8 Å². The minimum Gasteiger partial charge on any atom is -0.382 e. The number of benzene rings is 1. The van der Waals surface area contributed by atoms with E-state index in [0.717, 1.165) is 13.0 Å². The lowest BCUT2D eigenvalue weighted by molar-refractivity contribution is 0.576. The Labute approximate surface area is 158 Å². The Bertz CT molecular complexity index is 816. The molecule has 0 fully saturated rings. The van der Waals surface area contributed by atoms with Crippen LogP contribution in [0.4, 0.5) is 10.2 Å². The molecular formula is C19H26FN7. The fourth-order valence-electron chi connectivity index (χ4n) is 2.55. The lowest BCUT2D eigenvalue weighted by Gasteiger charge is -2.07. The van der Waals surface area contributed by atoms with Crippen LogP contribution in [0.15, 0.2) is 29.3 Å². The van der Waals surface area contributed by atoms with Gasteiger partial charge in [0.2, 0.25) is 0 Å². The van der Waals surface area contributed by atoms with Gasteiger partial charge in [0.25, 0.3) is 0 Å². The number of hydrogen-bond donors (Lipinski definition) is 3. The SMILES string of the molecule is CC(C)CCNC(N)=NCCCc1nn(-c2ccc(F)cc2)c(N)c1C#N. The van der Waals surface area contributed by atoms with Crippen molar-refractivity contribution in [2.24, 2.45) is 16.6 Å². The summed E-state index contributed by atoms with van der Waals surface area (Å²) < 4.78 is 14.6. The molecule has 27 heavy (non-hydrogen) atoms. The highest BCUT2D eigenvalue weighted by Gasteiger charge is 2.16. The number of nitrogen functional groups attached to an aromatic ring is 1. The monoisotopic (exact) mass is 371 g/mol. The summed E-state index contributed by atoms with van der Waals surface area (Å²) in [7, 11) is 0. The van der Waals surface area contributed by atoms with Gasteiger partial charge in [0.05, 0.1) is 11.4 Å². The molecule has 0 unspecified atom stereocenters. The van der Waals surface area contributed by atoms with Crippen LogP contribution < -0.4 is 16.8 Å². The number of aliphatic imine (C=N–C) groups is 1. The number of halogens is 1. The molecule has 0 saturated carbocycles. The maximum atomic E-state index is 13.1. The molecule has 1 aromatic carbocycles. The number of hydrogen-bond acceptors (Lipinski definition) is 4. The molecule has 0 spiro atoms. The van der Waals surface area contributed by atoms with Crippen molar-refractivity contribution >= 4 is 11.8 Å². The molecule has 2 rings (SSSR count). The van der Waals surface area contributed by atoms with Gasteiger partial charge < -0.3 is 16.8 Å². The van der Waals surface area contributed by atoms with E-state index in [1.165, 1.54) is 16.8 Å². The van der Waals surface area contributed by atoms with Crippen LogP contribution in [0.3, 0.4) is 0 Å². The van der Waals surface area contributed by atoms with E-state index >= 15 is 0 Å². The Morgan fingerprint density at radius 3 is 2.70 bits per heavy atom. The first kappa shape index (κ1) is 20.2. The average Bonchev–Trinajstić information content (AvgIpc) is 2.94. The largest absolute Gasteiger partial charge is 0.382 e. The van der Waals surface area contributed by atoms with Crippen LogP contribution in [-0.2, 0) is 6.42 Å². The third-order valence-corrected chi connectivity index (χ3v) is 4.06. The van der Waals surface area contributed by atoms with Gasteiger partial charge in [0.15, 0.2) is 5.96 Å². The van der Waals surface area contributed by atoms with Gasteiger partial charge in [0.1, 0.15) is 23.3 Å². The molecule has 0 saturated heterocycles. The summed E-state index contributed by atoms with van der Waals surface area (Å²) in [5.74, 6) is 0.934. The van der Waals surface area contributed by atoms with Crippen LogP contribution in [-0.4, -0.2) is 28.8 Å². The lowest BCUT2D eigenvalue weighted by Crippen LogP contribution is -2.33. The van der Waals surface area contributed by atoms with Gasteiger partial charge in [0, 0.05) is 13.1 Å². The van der Waals surface area contributed by atoms with Crippen molar-refractivity contribution in [2.45, 2.75) is 33.1 Å². The molecule has 0 aliphatic heterocycles. The van der Waals surface area contributed by atoms with Gasteiger partial charge in [-0.3, -0.25) is 4.99 Å². The van der Waals surface area contributed by atoms with Gasteiger partial charge >= 0.3 is 0 Å². The minimum atomic E-state index is -0.345. The number of nitrogens with two attached hydrogens (primary N) is 2. The summed E-state index contributed by atoms with van der Waals surface area (Å²) in [4.78, 5) is 4.28. The van der Waals surface area contributed by atoms with E-state index in [9.17, 15) is 9.65 Å². The fourth-order valence-corrected chi connectivity index (χ4v) is 2.55. The summed E-state index contributed by atoms with van der Waals surface area (Å²) >= 11 is 0. The van der Waals surface area contributed by atoms with Crippen molar-refractivity contribution < 1.29 is 4.39 Å². The van der Waals surface area contributed by atoms with Crippen LogP contribution in [0, 0.1) is 23.1 Å². The topological polar surface area (TPSA) is 118 Å². The normalized spacial score (nSPS) is 11.6. The van der Waals surface area contributed by atoms with Crippen LogP contribution in [0.1, 0.15) is 37.9 Å². The van der Waals surface area contributed by atoms with Gasteiger partial charge in [-0.2, -0.15) is 10.4 Å². The Balaban J connectivity index is 1.98. The first-order chi connectivity index (χ1) is 12.9. The highest BCUT2D eigenvalue weighted by molar-refractivity contribution is 5.77. The van der Waals surface area contributed by atoms with E-state index in [2.05, 4.69) is 35.3 Å². The molecule has 1 aromatic heterocycles. The van der Waals surface area contributed by atoms with Crippen molar-refractivity contribution in [3.63, 3.8) is 0 Å². The first-order valence-corrected chi connectivity index (χ1v) is 8.99. The fraction of sp³-hybridized carbons (Fsp3) is 0.421. The van der Waals surface area contributed by atoms with Crippen molar-refractivity contribution in [2.75, 3.05) is 18.8 Å². The molecule has 0 radical (unpaired) electrons. The summed E-state index contributed by atoms with van der Waals surface area (Å²) in [6.45, 7) is 5.62. The Kier molecular flexibility index (Phi) is 7.17. The Morgan fingerprint density at radius 1 is 1.37 bits per heavy atom. The predicted molar refractivity (Wildman–Crippen MR) is 105 cm³/mol. The molecule has 0 aliphatic carbocycles. The highest BCUT2D eigenvalue weighted by Crippen LogP contribution is 2.21. The van der Waals surface area contributed by atoms with Gasteiger partial charge in [-0.05, 0) is 49.4 Å². The number of rotatable bonds is 8. The average molecular weight is 371 g/mol. The van der Waals surface area contributed by atoms with Crippen LogP contribution in [0.5, 0.6) is 0 Å². The second-order valence-electron chi connectivity index (χ2n) is 6.69. The number of guanidine groups is 1. The standard InChI is InChI=1S/C19H26FN7/c1-13(2)9-11-25-19(23)24-10-3-4-17-16(12-21)18(22)27(26-17)15-7-5-14(20)6-8-15/h5-8,13H,3-4,9-11,22H2,1-2H3,(H3,23,24,25). The van der Waals surface area contributed by atoms with Crippen molar-refractivity contribution in [1.29, 1.82) is 5.26 Å². The lowest BCUT2D eigenvalue weighted by atomic mass is 10.1. The Hall–Kier alpha value is -3.08. The maximum absolute atomic E-state index is 13.1. The number of nitrogens with zero attached hydrogens (tertiary/aromatic N) is 4. The van der Waals surface area contributed by atoms with E-state index in [-0.39, 0.29) is 11.6 Å². The van der Waals surface area contributed by atoms with Crippen LogP contribution in [0.2, 0.25) is 0 Å². The van der Waals surface area contributed by atoms with Crippen LogP contribution in [0.25, 0.3) is 5.69 Å². The molecule has 0 atom stereocenters. The molecule has 1 heterocycles. The maximum Gasteiger partial charge on any atom is 0.188 e. The molecule has 0 bridgehead atoms. The number of aromatic nitrogens is 2. The number of nitrogens with one attached hydrogen (secondary N) is 1. The second-order valence-corrected chi connectivity index (χ2v) is 6.69. The zero-order valence-electron chi connectivity index (χ0n) is 15.7. The molecule has 5 N–H and O–H groups in total. The third kappa shape index (κ3) is 5.71. The highest BCUT2D eigenvalue weighted by atomic mass is 19.1. The van der Waals surface area contributed by atoms with Crippen molar-refractivity contribution in [3.05, 3.63) is 41.3 Å². The number of aryl methyl sites for hydroxylation is 1. The number of anilines is 1. The summed E-state index contributed by atoms with van der Waals surface area (Å²) in [6, 6.07) is 7.88. The summed E-state index contributed by atoms with van der Waals surface area (Å²) in [6.07, 6.45) is 2.26. The molecular weight excluding hydrogens is 345 g/mol. The molecule has 0 aliphatic rings. The van der Waals surface area contributed by atoms with Gasteiger partial charge in [-0.25, -0.2) is 9.07 Å². The quantitative estimate of drug-likeness (QED) is 0.374. The number of nitriles is 1. The van der Waals surface area contributed by atoms with Gasteiger partial charge in [-0.15, -0.1) is 0 Å². The molecule has 0 amide bonds. The zero-order chi connectivity index (χ0) is 19.8. The molecule has 2 aromatic rings. The smallest absolute Gasteiger partial charge is 0.188 e. The molecule has 7 nitrogen and oxygen atoms in total. The molecule has 8 heteroatoms. The van der Waals surface area contributed by atoms with Crippen molar-refractivity contribution in [3.8, 4) is 11.8 Å². The Morgan fingerprint density at radius 2 is 2.07 bits per heavy atom. The van der Waals surface area contributed by atoms with E-state index in [0.29, 0.717) is 48.2 Å². The summed E-state index contributed by atoms with van der Waals surface area (Å²) in [5, 5.41) is 16.9. The minimum absolute atomic E-state index is 0.248. The first-order valence-electron chi connectivity index (χ1n) is 8.99. The van der Waals surface area contributed by atoms with E-state index in [1.54, 1.807) is 12.1 Å². The van der Waals surface area contributed by atoms with Crippen LogP contribution >= 0.6 is 0 Å². The predicted octanol–water partition coefficient (Wildman–Crippen LogP) is 2.35. The molecule has 144 valence electrons. The second kappa shape index (κ2) is 9.57. The summed E-state index contributed by atoms with van der Waals surface area (Å²) in [5.41, 5.74) is 13.4. The van der Waals surface area contributed by atoms with E-state index < -0.39 is 0 Å². The van der Waals surface area contributed by atoms with E-state index in [1.807, 2.05) is 0 Å². The third-order valence-electron chi connectivity index (χ3n) is 4.06.